The lowest BCUT2D eigenvalue weighted by Crippen LogP contribution is -2.28. The van der Waals surface area contributed by atoms with Crippen LogP contribution in [0.4, 0.5) is 5.69 Å². The monoisotopic (exact) mass is 445 g/mol. The van der Waals surface area contributed by atoms with Crippen LogP contribution in [0.3, 0.4) is 0 Å². The van der Waals surface area contributed by atoms with E-state index in [4.69, 9.17) is 4.74 Å². The summed E-state index contributed by atoms with van der Waals surface area (Å²) in [6, 6.07) is 18.2. The first-order valence-electron chi connectivity index (χ1n) is 10.3. The summed E-state index contributed by atoms with van der Waals surface area (Å²) in [6.07, 6.45) is 0.284. The smallest absolute Gasteiger partial charge is 0.251 e. The topological polar surface area (TPSA) is 118 Å². The lowest BCUT2D eigenvalue weighted by molar-refractivity contribution is -0.119. The SMILES string of the molecule is CNC(=O)c1ccc(NC(=O)C(Cc2ccc(O)c(OC)c2)n2nnc3ccccc32)cc1. The maximum atomic E-state index is 13.4. The number of amides is 2. The standard InChI is InChI=1S/C24H23N5O4/c1-25-23(31)16-8-10-17(11-9-16)26-24(32)20(13-15-7-12-21(30)22(14-15)33-2)29-19-6-4-3-5-18(19)27-28-29/h3-12,14,20,30H,13H2,1-2H3,(H,25,31)(H,26,32). The van der Waals surface area contributed by atoms with E-state index >= 15 is 0 Å². The molecule has 0 saturated carbocycles. The van der Waals surface area contributed by atoms with Crippen LogP contribution in [0.2, 0.25) is 0 Å². The number of fused-ring (bicyclic) bond motifs is 1. The zero-order valence-electron chi connectivity index (χ0n) is 18.1. The summed E-state index contributed by atoms with van der Waals surface area (Å²) < 4.78 is 6.79. The summed E-state index contributed by atoms with van der Waals surface area (Å²) in [6.45, 7) is 0. The Hall–Kier alpha value is -4.40. The van der Waals surface area contributed by atoms with Crippen LogP contribution >= 0.6 is 0 Å². The number of aromatic hydroxyl groups is 1. The minimum atomic E-state index is -0.731. The van der Waals surface area contributed by atoms with Crippen LogP contribution in [0.1, 0.15) is 22.0 Å². The molecule has 1 unspecified atom stereocenters. The molecular weight excluding hydrogens is 422 g/mol. The summed E-state index contributed by atoms with van der Waals surface area (Å²) in [5, 5.41) is 23.8. The molecule has 3 aromatic carbocycles. The summed E-state index contributed by atoms with van der Waals surface area (Å²) in [5.74, 6) is -0.170. The molecule has 4 aromatic rings. The second kappa shape index (κ2) is 9.39. The Kier molecular flexibility index (Phi) is 6.21. The van der Waals surface area contributed by atoms with Crippen LogP contribution in [0, 0.1) is 0 Å². The summed E-state index contributed by atoms with van der Waals surface area (Å²) in [7, 11) is 3.03. The number of hydrogen-bond acceptors (Lipinski definition) is 6. The number of rotatable bonds is 7. The molecule has 4 rings (SSSR count). The molecule has 0 saturated heterocycles. The quantitative estimate of drug-likeness (QED) is 0.403. The van der Waals surface area contributed by atoms with Crippen LogP contribution in [-0.4, -0.2) is 46.1 Å². The van der Waals surface area contributed by atoms with Crippen molar-refractivity contribution < 1.29 is 19.4 Å². The van der Waals surface area contributed by atoms with Crippen LogP contribution in [-0.2, 0) is 11.2 Å². The van der Waals surface area contributed by atoms with Crippen molar-refractivity contribution in [2.24, 2.45) is 0 Å². The highest BCUT2D eigenvalue weighted by molar-refractivity contribution is 5.97. The summed E-state index contributed by atoms with van der Waals surface area (Å²) in [4.78, 5) is 25.2. The normalized spacial score (nSPS) is 11.7. The van der Waals surface area contributed by atoms with Crippen molar-refractivity contribution in [2.75, 3.05) is 19.5 Å². The fraction of sp³-hybridized carbons (Fsp3) is 0.167. The van der Waals surface area contributed by atoms with E-state index in [-0.39, 0.29) is 24.0 Å². The Balaban J connectivity index is 1.66. The number of anilines is 1. The average molecular weight is 445 g/mol. The number of para-hydroxylation sites is 1. The highest BCUT2D eigenvalue weighted by atomic mass is 16.5. The van der Waals surface area contributed by atoms with Gasteiger partial charge in [0, 0.05) is 24.7 Å². The molecule has 9 nitrogen and oxygen atoms in total. The van der Waals surface area contributed by atoms with E-state index in [0.717, 1.165) is 11.1 Å². The second-order valence-electron chi connectivity index (χ2n) is 7.39. The molecule has 0 radical (unpaired) electrons. The summed E-state index contributed by atoms with van der Waals surface area (Å²) >= 11 is 0. The third-order valence-electron chi connectivity index (χ3n) is 5.29. The number of aromatic nitrogens is 3. The number of carbonyl (C=O) groups excluding carboxylic acids is 2. The lowest BCUT2D eigenvalue weighted by atomic mass is 10.0. The number of phenols is 1. The van der Waals surface area contributed by atoms with Gasteiger partial charge in [0.15, 0.2) is 11.5 Å². The van der Waals surface area contributed by atoms with Gasteiger partial charge in [0.1, 0.15) is 11.6 Å². The maximum absolute atomic E-state index is 13.4. The van der Waals surface area contributed by atoms with Gasteiger partial charge in [0.2, 0.25) is 5.91 Å². The van der Waals surface area contributed by atoms with E-state index in [1.165, 1.54) is 13.2 Å². The predicted octanol–water partition coefficient (Wildman–Crippen LogP) is 2.93. The lowest BCUT2D eigenvalue weighted by Gasteiger charge is -2.18. The molecule has 1 aromatic heterocycles. The second-order valence-corrected chi connectivity index (χ2v) is 7.39. The maximum Gasteiger partial charge on any atom is 0.251 e. The van der Waals surface area contributed by atoms with Crippen molar-refractivity contribution >= 4 is 28.5 Å². The van der Waals surface area contributed by atoms with Crippen molar-refractivity contribution in [3.8, 4) is 11.5 Å². The molecule has 33 heavy (non-hydrogen) atoms. The Morgan fingerprint density at radius 3 is 2.58 bits per heavy atom. The third-order valence-corrected chi connectivity index (χ3v) is 5.29. The van der Waals surface area contributed by atoms with Crippen molar-refractivity contribution in [3.05, 3.63) is 77.9 Å². The van der Waals surface area contributed by atoms with Crippen molar-refractivity contribution in [2.45, 2.75) is 12.5 Å². The van der Waals surface area contributed by atoms with Crippen LogP contribution in [0.5, 0.6) is 11.5 Å². The molecule has 168 valence electrons. The number of benzene rings is 3. The Morgan fingerprint density at radius 1 is 1.09 bits per heavy atom. The van der Waals surface area contributed by atoms with E-state index in [1.807, 2.05) is 24.3 Å². The van der Waals surface area contributed by atoms with Crippen LogP contribution < -0.4 is 15.4 Å². The largest absolute Gasteiger partial charge is 0.504 e. The van der Waals surface area contributed by atoms with Gasteiger partial charge in [-0.25, -0.2) is 4.68 Å². The van der Waals surface area contributed by atoms with Gasteiger partial charge in [-0.1, -0.05) is 23.4 Å². The highest BCUT2D eigenvalue weighted by Crippen LogP contribution is 2.29. The average Bonchev–Trinajstić information content (AvgIpc) is 3.27. The Bertz CT molecular complexity index is 1300. The predicted molar refractivity (Wildman–Crippen MR) is 123 cm³/mol. The van der Waals surface area contributed by atoms with E-state index in [0.29, 0.717) is 22.5 Å². The van der Waals surface area contributed by atoms with Gasteiger partial charge in [-0.3, -0.25) is 9.59 Å². The van der Waals surface area contributed by atoms with Crippen LogP contribution in [0.25, 0.3) is 11.0 Å². The molecule has 9 heteroatoms. The third kappa shape index (κ3) is 4.62. The van der Waals surface area contributed by atoms with Gasteiger partial charge >= 0.3 is 0 Å². The van der Waals surface area contributed by atoms with E-state index in [2.05, 4.69) is 20.9 Å². The van der Waals surface area contributed by atoms with Crippen molar-refractivity contribution in [1.29, 1.82) is 0 Å². The van der Waals surface area contributed by atoms with Gasteiger partial charge in [-0.2, -0.15) is 0 Å². The first kappa shape index (κ1) is 21.8. The molecule has 0 bridgehead atoms. The molecule has 1 atom stereocenters. The van der Waals surface area contributed by atoms with Gasteiger partial charge in [0.05, 0.1) is 12.6 Å². The van der Waals surface area contributed by atoms with E-state index in [9.17, 15) is 14.7 Å². The number of hydrogen-bond donors (Lipinski definition) is 3. The van der Waals surface area contributed by atoms with Crippen molar-refractivity contribution in [3.63, 3.8) is 0 Å². The number of carbonyl (C=O) groups is 2. The highest BCUT2D eigenvalue weighted by Gasteiger charge is 2.25. The molecule has 3 N–H and O–H groups in total. The first-order chi connectivity index (χ1) is 16.0. The number of phenolic OH excluding ortho intramolecular Hbond substituents is 1. The van der Waals surface area contributed by atoms with Gasteiger partial charge < -0.3 is 20.5 Å². The molecule has 0 fully saturated rings. The number of methoxy groups -OCH3 is 1. The van der Waals surface area contributed by atoms with Gasteiger partial charge in [-0.15, -0.1) is 5.10 Å². The van der Waals surface area contributed by atoms with Gasteiger partial charge in [0.25, 0.3) is 5.91 Å². The first-order valence-corrected chi connectivity index (χ1v) is 10.3. The Morgan fingerprint density at radius 2 is 1.85 bits per heavy atom. The molecule has 0 aliphatic heterocycles. The molecular formula is C24H23N5O4. The van der Waals surface area contributed by atoms with E-state index in [1.54, 1.807) is 48.1 Å². The van der Waals surface area contributed by atoms with E-state index < -0.39 is 6.04 Å². The molecule has 2 amide bonds. The fourth-order valence-electron chi connectivity index (χ4n) is 3.55. The summed E-state index contributed by atoms with van der Waals surface area (Å²) in [5.41, 5.74) is 3.21. The van der Waals surface area contributed by atoms with Crippen molar-refractivity contribution in [1.82, 2.24) is 20.3 Å². The zero-order valence-corrected chi connectivity index (χ0v) is 18.1. The minimum absolute atomic E-state index is 0.0182. The fourth-order valence-corrected chi connectivity index (χ4v) is 3.55. The van der Waals surface area contributed by atoms with Crippen LogP contribution in [0.15, 0.2) is 66.7 Å². The number of nitrogens with zero attached hydrogens (tertiary/aromatic N) is 3. The molecule has 0 aliphatic carbocycles. The Labute approximate surface area is 190 Å². The number of nitrogens with one attached hydrogen (secondary N) is 2. The van der Waals surface area contributed by atoms with Gasteiger partial charge in [-0.05, 0) is 54.1 Å². The number of ether oxygens (including phenoxy) is 1. The molecule has 0 spiro atoms. The zero-order chi connectivity index (χ0) is 23.4. The minimum Gasteiger partial charge on any atom is -0.504 e. The molecule has 1 heterocycles. The molecule has 0 aliphatic rings.